The van der Waals surface area contributed by atoms with Crippen LogP contribution in [0.15, 0.2) is 70.7 Å². The molecule has 29 heavy (non-hydrogen) atoms. The van der Waals surface area contributed by atoms with Crippen molar-refractivity contribution in [1.29, 1.82) is 0 Å². The van der Waals surface area contributed by atoms with Crippen LogP contribution in [0, 0.1) is 0 Å². The highest BCUT2D eigenvalue weighted by atomic mass is 35.5. The van der Waals surface area contributed by atoms with E-state index < -0.39 is 17.8 Å². The predicted molar refractivity (Wildman–Crippen MR) is 110 cm³/mol. The zero-order chi connectivity index (χ0) is 20.5. The van der Waals surface area contributed by atoms with E-state index in [-0.39, 0.29) is 17.0 Å². The van der Waals surface area contributed by atoms with Crippen LogP contribution in [-0.4, -0.2) is 17.8 Å². The number of furan rings is 1. The van der Waals surface area contributed by atoms with Crippen molar-refractivity contribution < 1.29 is 18.8 Å². The standard InChI is InChI=1S/C21H12Cl2N2O4/c22-13-4-6-15(7-5-13)25-20(27)17(19(26)24-21(25)28)11-16-8-9-18(29-16)12-2-1-3-14(23)10-12/h1-11H,(H,24,26,28). The van der Waals surface area contributed by atoms with Gasteiger partial charge in [-0.05, 0) is 54.6 Å². The Balaban J connectivity index is 1.67. The van der Waals surface area contributed by atoms with Crippen LogP contribution in [-0.2, 0) is 9.59 Å². The molecule has 0 aliphatic carbocycles. The van der Waals surface area contributed by atoms with Gasteiger partial charge >= 0.3 is 6.03 Å². The van der Waals surface area contributed by atoms with Gasteiger partial charge in [0.05, 0.1) is 5.69 Å². The minimum Gasteiger partial charge on any atom is -0.457 e. The molecule has 4 amide bonds. The summed E-state index contributed by atoms with van der Waals surface area (Å²) in [6.45, 7) is 0. The second kappa shape index (κ2) is 7.58. The van der Waals surface area contributed by atoms with Gasteiger partial charge in [0.25, 0.3) is 11.8 Å². The van der Waals surface area contributed by atoms with Gasteiger partial charge in [0.15, 0.2) is 0 Å². The Labute approximate surface area is 175 Å². The second-order valence-electron chi connectivity index (χ2n) is 6.15. The Morgan fingerprint density at radius 2 is 1.66 bits per heavy atom. The van der Waals surface area contributed by atoms with Gasteiger partial charge in [-0.3, -0.25) is 14.9 Å². The molecule has 0 atom stereocenters. The molecule has 2 aromatic carbocycles. The third-order valence-corrected chi connectivity index (χ3v) is 4.70. The largest absolute Gasteiger partial charge is 0.457 e. The van der Waals surface area contributed by atoms with Crippen molar-refractivity contribution >= 4 is 52.8 Å². The molecule has 3 aromatic rings. The fourth-order valence-corrected chi connectivity index (χ4v) is 3.17. The molecule has 0 radical (unpaired) electrons. The molecular weight excluding hydrogens is 415 g/mol. The van der Waals surface area contributed by atoms with Crippen molar-refractivity contribution in [2.75, 3.05) is 4.90 Å². The van der Waals surface area contributed by atoms with Crippen molar-refractivity contribution in [2.45, 2.75) is 0 Å². The van der Waals surface area contributed by atoms with Gasteiger partial charge in [-0.2, -0.15) is 0 Å². The molecule has 2 heterocycles. The number of hydrogen-bond donors (Lipinski definition) is 1. The number of benzene rings is 2. The molecule has 0 saturated carbocycles. The summed E-state index contributed by atoms with van der Waals surface area (Å²) in [4.78, 5) is 38.1. The van der Waals surface area contributed by atoms with Crippen molar-refractivity contribution in [3.05, 3.63) is 82.0 Å². The Kier molecular flexibility index (Phi) is 4.96. The number of anilines is 1. The van der Waals surface area contributed by atoms with E-state index in [1.807, 2.05) is 6.07 Å². The van der Waals surface area contributed by atoms with E-state index in [1.54, 1.807) is 42.5 Å². The van der Waals surface area contributed by atoms with Crippen LogP contribution in [0.3, 0.4) is 0 Å². The van der Waals surface area contributed by atoms with Gasteiger partial charge in [0, 0.05) is 15.6 Å². The first-order valence-electron chi connectivity index (χ1n) is 8.45. The average molecular weight is 427 g/mol. The van der Waals surface area contributed by atoms with Gasteiger partial charge in [-0.25, -0.2) is 9.69 Å². The maximum absolute atomic E-state index is 12.8. The Bertz CT molecular complexity index is 1170. The normalized spacial score (nSPS) is 15.7. The maximum Gasteiger partial charge on any atom is 0.335 e. The van der Waals surface area contributed by atoms with Crippen LogP contribution in [0.25, 0.3) is 17.4 Å². The first kappa shape index (κ1) is 19.0. The monoisotopic (exact) mass is 426 g/mol. The molecule has 6 nitrogen and oxygen atoms in total. The number of carbonyl (C=O) groups excluding carboxylic acids is 3. The Morgan fingerprint density at radius 1 is 0.897 bits per heavy atom. The summed E-state index contributed by atoms with van der Waals surface area (Å²) >= 11 is 11.9. The van der Waals surface area contributed by atoms with E-state index in [0.717, 1.165) is 10.5 Å². The topological polar surface area (TPSA) is 79.6 Å². The van der Waals surface area contributed by atoms with Crippen LogP contribution in [0.2, 0.25) is 10.0 Å². The SMILES string of the molecule is O=C1NC(=O)N(c2ccc(Cl)cc2)C(=O)C1=Cc1ccc(-c2cccc(Cl)c2)o1. The molecule has 1 saturated heterocycles. The summed E-state index contributed by atoms with van der Waals surface area (Å²) in [5.74, 6) is -0.759. The highest BCUT2D eigenvalue weighted by molar-refractivity contribution is 6.39. The molecule has 1 aliphatic heterocycles. The predicted octanol–water partition coefficient (Wildman–Crippen LogP) is 4.92. The molecule has 1 N–H and O–H groups in total. The fraction of sp³-hybridized carbons (Fsp3) is 0. The first-order chi connectivity index (χ1) is 13.9. The number of imide groups is 2. The summed E-state index contributed by atoms with van der Waals surface area (Å²) in [6.07, 6.45) is 1.29. The molecule has 1 aromatic heterocycles. The quantitative estimate of drug-likeness (QED) is 0.476. The lowest BCUT2D eigenvalue weighted by molar-refractivity contribution is -0.122. The number of halogens is 2. The molecule has 4 rings (SSSR count). The molecule has 144 valence electrons. The maximum atomic E-state index is 12.8. The van der Waals surface area contributed by atoms with Crippen molar-refractivity contribution in [3.8, 4) is 11.3 Å². The average Bonchev–Trinajstić information content (AvgIpc) is 3.15. The summed E-state index contributed by atoms with van der Waals surface area (Å²) in [5, 5.41) is 3.16. The second-order valence-corrected chi connectivity index (χ2v) is 7.02. The lowest BCUT2D eigenvalue weighted by Crippen LogP contribution is -2.54. The van der Waals surface area contributed by atoms with E-state index in [1.165, 1.54) is 18.2 Å². The number of nitrogens with zero attached hydrogens (tertiary/aromatic N) is 1. The molecule has 0 spiro atoms. The van der Waals surface area contributed by atoms with Crippen molar-refractivity contribution in [1.82, 2.24) is 5.32 Å². The third-order valence-electron chi connectivity index (χ3n) is 4.21. The summed E-state index contributed by atoms with van der Waals surface area (Å²) in [6, 6.07) is 15.7. The zero-order valence-electron chi connectivity index (χ0n) is 14.7. The smallest absolute Gasteiger partial charge is 0.335 e. The van der Waals surface area contributed by atoms with Gasteiger partial charge in [0.1, 0.15) is 17.1 Å². The summed E-state index contributed by atoms with van der Waals surface area (Å²) < 4.78 is 5.72. The molecule has 0 unspecified atom stereocenters. The number of hydrogen-bond acceptors (Lipinski definition) is 4. The number of amides is 4. The van der Waals surface area contributed by atoms with Gasteiger partial charge < -0.3 is 4.42 Å². The number of nitrogens with one attached hydrogen (secondary N) is 1. The molecule has 8 heteroatoms. The van der Waals surface area contributed by atoms with Gasteiger partial charge in [-0.1, -0.05) is 35.3 Å². The van der Waals surface area contributed by atoms with E-state index in [2.05, 4.69) is 5.32 Å². The summed E-state index contributed by atoms with van der Waals surface area (Å²) in [7, 11) is 0. The van der Waals surface area contributed by atoms with E-state index in [9.17, 15) is 14.4 Å². The van der Waals surface area contributed by atoms with Crippen LogP contribution >= 0.6 is 23.2 Å². The highest BCUT2D eigenvalue weighted by Crippen LogP contribution is 2.27. The third kappa shape index (κ3) is 3.81. The van der Waals surface area contributed by atoms with E-state index >= 15 is 0 Å². The molecule has 1 aliphatic rings. The number of urea groups is 1. The van der Waals surface area contributed by atoms with Crippen molar-refractivity contribution in [2.24, 2.45) is 0 Å². The van der Waals surface area contributed by atoms with E-state index in [4.69, 9.17) is 27.6 Å². The van der Waals surface area contributed by atoms with Gasteiger partial charge in [0.2, 0.25) is 0 Å². The lowest BCUT2D eigenvalue weighted by atomic mass is 10.1. The molecule has 1 fully saturated rings. The minimum absolute atomic E-state index is 0.230. The van der Waals surface area contributed by atoms with Gasteiger partial charge in [-0.15, -0.1) is 0 Å². The van der Waals surface area contributed by atoms with E-state index in [0.29, 0.717) is 15.8 Å². The van der Waals surface area contributed by atoms with Crippen LogP contribution in [0.5, 0.6) is 0 Å². The summed E-state index contributed by atoms with van der Waals surface area (Å²) in [5.41, 5.74) is 0.806. The highest BCUT2D eigenvalue weighted by Gasteiger charge is 2.37. The van der Waals surface area contributed by atoms with Crippen LogP contribution in [0.4, 0.5) is 10.5 Å². The fourth-order valence-electron chi connectivity index (χ4n) is 2.85. The molecular formula is C21H12Cl2N2O4. The zero-order valence-corrected chi connectivity index (χ0v) is 16.2. The van der Waals surface area contributed by atoms with Crippen molar-refractivity contribution in [3.63, 3.8) is 0 Å². The number of barbiturate groups is 1. The number of carbonyl (C=O) groups is 3. The van der Waals surface area contributed by atoms with Crippen LogP contribution in [0.1, 0.15) is 5.76 Å². The lowest BCUT2D eigenvalue weighted by Gasteiger charge is -2.26. The molecule has 0 bridgehead atoms. The Morgan fingerprint density at radius 3 is 2.38 bits per heavy atom. The Hall–Kier alpha value is -3.35. The number of rotatable bonds is 3. The van der Waals surface area contributed by atoms with Crippen LogP contribution < -0.4 is 10.2 Å². The minimum atomic E-state index is -0.835. The first-order valence-corrected chi connectivity index (χ1v) is 9.21.